The van der Waals surface area contributed by atoms with Crippen molar-refractivity contribution in [2.45, 2.75) is 105 Å². The first-order chi connectivity index (χ1) is 20.1. The van der Waals surface area contributed by atoms with Gasteiger partial charge in [-0.15, -0.1) is 0 Å². The smallest absolute Gasteiger partial charge is 0.364 e. The minimum Gasteiger partial charge on any atom is -0.479 e. The van der Waals surface area contributed by atoms with Gasteiger partial charge in [0.2, 0.25) is 0 Å². The fourth-order valence-electron chi connectivity index (χ4n) is 4.04. The number of aliphatic carboxylic acids is 3. The summed E-state index contributed by atoms with van der Waals surface area (Å²) in [6, 6.07) is 0. The summed E-state index contributed by atoms with van der Waals surface area (Å²) in [4.78, 5) is 31.6. The molecule has 0 aromatic carbocycles. The third-order valence-corrected chi connectivity index (χ3v) is 6.86. The van der Waals surface area contributed by atoms with E-state index in [2.05, 4.69) is 9.47 Å². The molecule has 0 radical (unpaired) electrons. The van der Waals surface area contributed by atoms with E-state index in [1.165, 1.54) is 6.92 Å². The van der Waals surface area contributed by atoms with Gasteiger partial charge in [-0.2, -0.15) is 0 Å². The summed E-state index contributed by atoms with van der Waals surface area (Å²) in [6.45, 7) is 0.722. The van der Waals surface area contributed by atoms with Crippen molar-refractivity contribution in [2.24, 2.45) is 5.92 Å². The Bertz CT molecular complexity index is 907. The first-order valence-electron chi connectivity index (χ1n) is 12.6. The summed E-state index contributed by atoms with van der Waals surface area (Å²) in [7, 11) is 0. The van der Waals surface area contributed by atoms with Gasteiger partial charge in [0.25, 0.3) is 5.79 Å². The minimum atomic E-state index is -2.62. The van der Waals surface area contributed by atoms with Gasteiger partial charge in [0.1, 0.15) is 48.8 Å². The Morgan fingerprint density at radius 3 is 1.43 bits per heavy atom. The molecule has 3 fully saturated rings. The molecule has 0 saturated carbocycles. The van der Waals surface area contributed by atoms with Gasteiger partial charge >= 0.3 is 17.9 Å². The molecule has 0 aromatic heterocycles. The highest BCUT2D eigenvalue weighted by Gasteiger charge is 2.52. The molecule has 3 rings (SSSR count). The van der Waals surface area contributed by atoms with Crippen LogP contribution in [-0.4, -0.2) is 198 Å². The number of carbonyl (C=O) groups is 3. The number of aliphatic hydroxyl groups excluding tert-OH is 12. The first kappa shape index (κ1) is 39.8. The van der Waals surface area contributed by atoms with Gasteiger partial charge in [-0.1, -0.05) is 6.92 Å². The van der Waals surface area contributed by atoms with Crippen molar-refractivity contribution in [1.29, 1.82) is 0 Å². The molecule has 16 atom stereocenters. The SMILES string of the molecule is C[C@H]1C([C@H](O)[C@H](O)CO)O[C@@](O)(C(=O)O)C[C@H]1O.O=C(O)C1OC(O)[C@@H](O)C(O)[C@@H]1O.O=C(O)C1OC(O)[C@@H](O)C(O)[C@@H]1O. The van der Waals surface area contributed by atoms with Crippen LogP contribution in [0.2, 0.25) is 0 Å². The van der Waals surface area contributed by atoms with Gasteiger partial charge in [-0.05, 0) is 0 Å². The average molecular weight is 655 g/mol. The first-order valence-corrected chi connectivity index (χ1v) is 12.6. The Balaban J connectivity index is 0.000000337. The number of carboxylic acid groups (broad SMARTS) is 3. The average Bonchev–Trinajstić information content (AvgIpc) is 2.95. The molecule has 22 heteroatoms. The van der Waals surface area contributed by atoms with Crippen molar-refractivity contribution in [3.8, 4) is 0 Å². The molecule has 44 heavy (non-hydrogen) atoms. The third-order valence-electron chi connectivity index (χ3n) is 6.86. The van der Waals surface area contributed by atoms with E-state index < -0.39 is 128 Å². The molecule has 7 unspecified atom stereocenters. The number of carboxylic acids is 3. The highest BCUT2D eigenvalue weighted by atomic mass is 16.7. The van der Waals surface area contributed by atoms with Crippen molar-refractivity contribution in [2.75, 3.05) is 6.61 Å². The Morgan fingerprint density at radius 2 is 1.11 bits per heavy atom. The van der Waals surface area contributed by atoms with E-state index in [1.54, 1.807) is 0 Å². The third kappa shape index (κ3) is 9.39. The largest absolute Gasteiger partial charge is 0.479 e. The van der Waals surface area contributed by atoms with E-state index in [-0.39, 0.29) is 0 Å². The molecule has 0 spiro atoms. The molecule has 0 aromatic rings. The van der Waals surface area contributed by atoms with Gasteiger partial charge < -0.3 is 95.9 Å². The number of aliphatic hydroxyl groups is 13. The van der Waals surface area contributed by atoms with E-state index in [0.717, 1.165) is 0 Å². The Hall–Kier alpha value is -2.23. The van der Waals surface area contributed by atoms with E-state index >= 15 is 0 Å². The zero-order valence-electron chi connectivity index (χ0n) is 22.7. The molecule has 258 valence electrons. The highest BCUT2D eigenvalue weighted by Crippen LogP contribution is 2.33. The molecular weight excluding hydrogens is 616 g/mol. The summed E-state index contributed by atoms with van der Waals surface area (Å²) in [6.07, 6.45) is -23.7. The summed E-state index contributed by atoms with van der Waals surface area (Å²) in [5.74, 6) is -8.05. The lowest BCUT2D eigenvalue weighted by Crippen LogP contribution is -2.60. The Morgan fingerprint density at radius 1 is 0.727 bits per heavy atom. The predicted molar refractivity (Wildman–Crippen MR) is 129 cm³/mol. The molecular formula is C22H38O22. The van der Waals surface area contributed by atoms with E-state index in [4.69, 9.17) is 66.0 Å². The maximum absolute atomic E-state index is 10.9. The van der Waals surface area contributed by atoms with Crippen molar-refractivity contribution in [3.05, 3.63) is 0 Å². The van der Waals surface area contributed by atoms with Crippen LogP contribution in [0.15, 0.2) is 0 Å². The molecule has 0 bridgehead atoms. The molecule has 3 aliphatic heterocycles. The summed E-state index contributed by atoms with van der Waals surface area (Å²) < 4.78 is 13.6. The fourth-order valence-corrected chi connectivity index (χ4v) is 4.04. The van der Waals surface area contributed by atoms with Crippen LogP contribution in [0.1, 0.15) is 13.3 Å². The van der Waals surface area contributed by atoms with Crippen LogP contribution < -0.4 is 0 Å². The van der Waals surface area contributed by atoms with E-state index in [9.17, 15) is 34.8 Å². The second kappa shape index (κ2) is 16.4. The van der Waals surface area contributed by atoms with Crippen LogP contribution in [0, 0.1) is 5.92 Å². The minimum absolute atomic E-state index is 0.540. The van der Waals surface area contributed by atoms with Gasteiger partial charge in [-0.25, -0.2) is 14.4 Å². The van der Waals surface area contributed by atoms with Crippen molar-refractivity contribution < 1.29 is 110 Å². The monoisotopic (exact) mass is 654 g/mol. The van der Waals surface area contributed by atoms with E-state index in [0.29, 0.717) is 0 Å². The maximum Gasteiger partial charge on any atom is 0.364 e. The zero-order chi connectivity index (χ0) is 34.4. The van der Waals surface area contributed by atoms with Crippen molar-refractivity contribution in [3.63, 3.8) is 0 Å². The number of hydrogen-bond donors (Lipinski definition) is 16. The lowest BCUT2D eigenvalue weighted by atomic mass is 9.85. The second-order valence-corrected chi connectivity index (χ2v) is 10.1. The van der Waals surface area contributed by atoms with Crippen LogP contribution in [-0.2, 0) is 28.6 Å². The topological polar surface area (TPSA) is 403 Å². The Labute approximate surface area is 246 Å². The van der Waals surface area contributed by atoms with Crippen molar-refractivity contribution in [1.82, 2.24) is 0 Å². The van der Waals surface area contributed by atoms with Crippen LogP contribution in [0.4, 0.5) is 0 Å². The van der Waals surface area contributed by atoms with Gasteiger partial charge in [0, 0.05) is 12.3 Å². The van der Waals surface area contributed by atoms with Gasteiger partial charge in [0.05, 0.1) is 18.8 Å². The molecule has 16 N–H and O–H groups in total. The number of rotatable bonds is 6. The quantitative estimate of drug-likeness (QED) is 0.126. The predicted octanol–water partition coefficient (Wildman–Crippen LogP) is -9.00. The summed E-state index contributed by atoms with van der Waals surface area (Å²) >= 11 is 0. The molecule has 0 amide bonds. The molecule has 3 aliphatic rings. The van der Waals surface area contributed by atoms with Crippen LogP contribution in [0.25, 0.3) is 0 Å². The van der Waals surface area contributed by atoms with Crippen LogP contribution in [0.5, 0.6) is 0 Å². The molecule has 0 aliphatic carbocycles. The molecule has 3 saturated heterocycles. The second-order valence-electron chi connectivity index (χ2n) is 10.1. The van der Waals surface area contributed by atoms with E-state index in [1.807, 2.05) is 0 Å². The lowest BCUT2D eigenvalue weighted by molar-refractivity contribution is -0.302. The number of ether oxygens (including phenoxy) is 3. The highest BCUT2D eigenvalue weighted by molar-refractivity contribution is 5.75. The lowest BCUT2D eigenvalue weighted by Gasteiger charge is -2.43. The van der Waals surface area contributed by atoms with Crippen LogP contribution in [0.3, 0.4) is 0 Å². The summed E-state index contributed by atoms with van der Waals surface area (Å²) in [5.41, 5.74) is 0. The molecule has 22 nitrogen and oxygen atoms in total. The van der Waals surface area contributed by atoms with Crippen molar-refractivity contribution >= 4 is 17.9 Å². The zero-order valence-corrected chi connectivity index (χ0v) is 22.7. The standard InChI is InChI=1S/C10H18O8.2C6H10O7/c1-4-5(12)2-10(17,9(15)16)18-8(4)7(14)6(13)3-11;2*7-1-2(8)4(5(10)11)13-6(12)3(1)9/h4-8,11-14,17H,2-3H2,1H3,(H,15,16);2*1-4,6-9,12H,(H,10,11)/t4-,5-,6-,7-,8?,10-;2*1?,2-,3-,4?,6?/m100/s1. The fraction of sp³-hybridized carbons (Fsp3) is 0.864. The maximum atomic E-state index is 10.9. The molecule has 3 heterocycles. The summed E-state index contributed by atoms with van der Waals surface area (Å²) in [5, 5.41) is 145. The Kier molecular flexibility index (Phi) is 14.8. The van der Waals surface area contributed by atoms with Gasteiger partial charge in [0.15, 0.2) is 24.8 Å². The normalized spacial score (nSPS) is 43.6. The van der Waals surface area contributed by atoms with Gasteiger partial charge in [-0.3, -0.25) is 0 Å². The number of hydrogen-bond acceptors (Lipinski definition) is 19. The van der Waals surface area contributed by atoms with Crippen LogP contribution >= 0.6 is 0 Å².